The highest BCUT2D eigenvalue weighted by molar-refractivity contribution is 6.09. The summed E-state index contributed by atoms with van der Waals surface area (Å²) < 4.78 is 6.83. The average molecular weight is 321 g/mol. The second kappa shape index (κ2) is 6.20. The lowest BCUT2D eigenvalue weighted by molar-refractivity contribution is 0.103. The van der Waals surface area contributed by atoms with Gasteiger partial charge in [0.2, 0.25) is 11.7 Å². The summed E-state index contributed by atoms with van der Waals surface area (Å²) in [7, 11) is 1.59. The van der Waals surface area contributed by atoms with E-state index in [9.17, 15) is 4.79 Å². The third kappa shape index (κ3) is 2.76. The maximum absolute atomic E-state index is 13.0. The van der Waals surface area contributed by atoms with Gasteiger partial charge in [-0.1, -0.05) is 17.7 Å². The fraction of sp³-hybridized carbons (Fsp3) is 0.158. The SMILES string of the molecule is COc1ccc(C(=O)c2c(C)nc(N)n2-c2ccc(C)cc2)cc1. The number of carbonyl (C=O) groups excluding carboxylic acids is 1. The van der Waals surface area contributed by atoms with Gasteiger partial charge in [0.1, 0.15) is 11.4 Å². The van der Waals surface area contributed by atoms with Gasteiger partial charge >= 0.3 is 0 Å². The standard InChI is InChI=1S/C19H19N3O2/c1-12-4-8-15(9-5-12)22-17(13(2)21-19(22)20)18(23)14-6-10-16(24-3)11-7-14/h4-11H,1-3H3,(H2,20,21). The van der Waals surface area contributed by atoms with Gasteiger partial charge in [-0.2, -0.15) is 0 Å². The molecule has 122 valence electrons. The van der Waals surface area contributed by atoms with Crippen LogP contribution < -0.4 is 10.5 Å². The zero-order chi connectivity index (χ0) is 17.3. The molecule has 1 aromatic heterocycles. The zero-order valence-corrected chi connectivity index (χ0v) is 13.9. The molecule has 3 aromatic rings. The Morgan fingerprint density at radius 2 is 1.67 bits per heavy atom. The minimum absolute atomic E-state index is 0.125. The molecule has 0 bridgehead atoms. The smallest absolute Gasteiger partial charge is 0.211 e. The van der Waals surface area contributed by atoms with E-state index < -0.39 is 0 Å². The van der Waals surface area contributed by atoms with Gasteiger partial charge in [0, 0.05) is 11.3 Å². The highest BCUT2D eigenvalue weighted by Crippen LogP contribution is 2.24. The van der Waals surface area contributed by atoms with Crippen LogP contribution in [0.25, 0.3) is 5.69 Å². The van der Waals surface area contributed by atoms with Crippen LogP contribution >= 0.6 is 0 Å². The van der Waals surface area contributed by atoms with Gasteiger partial charge in [0.05, 0.1) is 12.8 Å². The van der Waals surface area contributed by atoms with Gasteiger partial charge in [0.25, 0.3) is 0 Å². The number of imidazole rings is 1. The zero-order valence-electron chi connectivity index (χ0n) is 13.9. The van der Waals surface area contributed by atoms with E-state index in [4.69, 9.17) is 10.5 Å². The number of hydrogen-bond acceptors (Lipinski definition) is 4. The molecule has 0 atom stereocenters. The van der Waals surface area contributed by atoms with Gasteiger partial charge in [-0.15, -0.1) is 0 Å². The third-order valence-corrected chi connectivity index (χ3v) is 3.94. The molecule has 0 saturated carbocycles. The summed E-state index contributed by atoms with van der Waals surface area (Å²) >= 11 is 0. The molecular formula is C19H19N3O2. The molecule has 0 unspecified atom stereocenters. The number of hydrogen-bond donors (Lipinski definition) is 1. The van der Waals surface area contributed by atoms with Crippen LogP contribution in [-0.4, -0.2) is 22.4 Å². The van der Waals surface area contributed by atoms with Crippen molar-refractivity contribution < 1.29 is 9.53 Å². The van der Waals surface area contributed by atoms with Crippen molar-refractivity contribution in [3.63, 3.8) is 0 Å². The number of aromatic nitrogens is 2. The summed E-state index contributed by atoms with van der Waals surface area (Å²) in [5, 5.41) is 0. The monoisotopic (exact) mass is 321 g/mol. The first-order valence-electron chi connectivity index (χ1n) is 7.62. The lowest BCUT2D eigenvalue weighted by atomic mass is 10.1. The molecule has 0 saturated heterocycles. The minimum atomic E-state index is -0.125. The molecule has 0 aliphatic carbocycles. The number of carbonyl (C=O) groups is 1. The minimum Gasteiger partial charge on any atom is -0.497 e. The molecule has 0 spiro atoms. The van der Waals surface area contributed by atoms with E-state index in [1.807, 2.05) is 31.2 Å². The largest absolute Gasteiger partial charge is 0.497 e. The molecule has 0 aliphatic heterocycles. The van der Waals surface area contributed by atoms with E-state index >= 15 is 0 Å². The van der Waals surface area contributed by atoms with Crippen LogP contribution in [0.4, 0.5) is 5.95 Å². The molecule has 3 rings (SSSR count). The van der Waals surface area contributed by atoms with Crippen LogP contribution in [0, 0.1) is 13.8 Å². The van der Waals surface area contributed by atoms with E-state index in [0.29, 0.717) is 28.6 Å². The van der Waals surface area contributed by atoms with Gasteiger partial charge in [-0.3, -0.25) is 9.36 Å². The Kier molecular flexibility index (Phi) is 4.08. The van der Waals surface area contributed by atoms with Crippen molar-refractivity contribution in [2.75, 3.05) is 12.8 Å². The first kappa shape index (κ1) is 15.8. The number of anilines is 1. The molecule has 24 heavy (non-hydrogen) atoms. The summed E-state index contributed by atoms with van der Waals surface area (Å²) in [4.78, 5) is 17.3. The molecule has 2 aromatic carbocycles. The van der Waals surface area contributed by atoms with Crippen molar-refractivity contribution in [1.29, 1.82) is 0 Å². The molecular weight excluding hydrogens is 302 g/mol. The quantitative estimate of drug-likeness (QED) is 0.748. The Bertz CT molecular complexity index is 878. The van der Waals surface area contributed by atoms with E-state index in [2.05, 4.69) is 4.98 Å². The number of nitrogen functional groups attached to an aromatic ring is 1. The maximum atomic E-state index is 13.0. The molecule has 0 aliphatic rings. The number of nitrogens with two attached hydrogens (primary N) is 1. The van der Waals surface area contributed by atoms with Crippen LogP contribution in [0.15, 0.2) is 48.5 Å². The number of nitrogens with zero attached hydrogens (tertiary/aromatic N) is 2. The Balaban J connectivity index is 2.10. The fourth-order valence-electron chi connectivity index (χ4n) is 2.65. The van der Waals surface area contributed by atoms with Crippen LogP contribution in [-0.2, 0) is 0 Å². The normalized spacial score (nSPS) is 10.6. The van der Waals surface area contributed by atoms with Crippen LogP contribution in [0.5, 0.6) is 5.75 Å². The van der Waals surface area contributed by atoms with Crippen LogP contribution in [0.3, 0.4) is 0 Å². The first-order chi connectivity index (χ1) is 11.5. The second-order valence-corrected chi connectivity index (χ2v) is 5.63. The van der Waals surface area contributed by atoms with Gasteiger partial charge in [0.15, 0.2) is 0 Å². The molecule has 5 nitrogen and oxygen atoms in total. The number of rotatable bonds is 4. The van der Waals surface area contributed by atoms with Gasteiger partial charge in [-0.05, 0) is 50.2 Å². The highest BCUT2D eigenvalue weighted by Gasteiger charge is 2.21. The van der Waals surface area contributed by atoms with Crippen molar-refractivity contribution in [1.82, 2.24) is 9.55 Å². The highest BCUT2D eigenvalue weighted by atomic mass is 16.5. The number of ether oxygens (including phenoxy) is 1. The number of benzene rings is 2. The number of ketones is 1. The number of methoxy groups -OCH3 is 1. The van der Waals surface area contributed by atoms with Gasteiger partial charge in [-0.25, -0.2) is 4.98 Å². The van der Waals surface area contributed by atoms with Crippen molar-refractivity contribution in [3.05, 3.63) is 71.0 Å². The van der Waals surface area contributed by atoms with E-state index in [-0.39, 0.29) is 5.78 Å². The molecule has 1 heterocycles. The Labute approximate surface area is 140 Å². The topological polar surface area (TPSA) is 70.1 Å². The number of aryl methyl sites for hydroxylation is 2. The van der Waals surface area contributed by atoms with E-state index in [1.54, 1.807) is 42.9 Å². The van der Waals surface area contributed by atoms with E-state index in [1.165, 1.54) is 0 Å². The fourth-order valence-corrected chi connectivity index (χ4v) is 2.65. The van der Waals surface area contributed by atoms with Crippen molar-refractivity contribution in [2.45, 2.75) is 13.8 Å². The maximum Gasteiger partial charge on any atom is 0.211 e. The van der Waals surface area contributed by atoms with Crippen LogP contribution in [0.2, 0.25) is 0 Å². The summed E-state index contributed by atoms with van der Waals surface area (Å²) in [5.74, 6) is 0.878. The lowest BCUT2D eigenvalue weighted by Gasteiger charge is -2.11. The predicted octanol–water partition coefficient (Wildman–Crippen LogP) is 3.31. The molecule has 0 fully saturated rings. The Morgan fingerprint density at radius 1 is 1.04 bits per heavy atom. The Hall–Kier alpha value is -3.08. The summed E-state index contributed by atoms with van der Waals surface area (Å²) in [5.41, 5.74) is 9.65. The average Bonchev–Trinajstić information content (AvgIpc) is 2.89. The van der Waals surface area contributed by atoms with E-state index in [0.717, 1.165) is 11.3 Å². The summed E-state index contributed by atoms with van der Waals surface area (Å²) in [6.45, 7) is 3.80. The Morgan fingerprint density at radius 3 is 2.25 bits per heavy atom. The van der Waals surface area contributed by atoms with Crippen molar-refractivity contribution >= 4 is 11.7 Å². The summed E-state index contributed by atoms with van der Waals surface area (Å²) in [6.07, 6.45) is 0. The van der Waals surface area contributed by atoms with Crippen molar-refractivity contribution in [3.8, 4) is 11.4 Å². The molecule has 2 N–H and O–H groups in total. The molecule has 5 heteroatoms. The third-order valence-electron chi connectivity index (χ3n) is 3.94. The summed E-state index contributed by atoms with van der Waals surface area (Å²) in [6, 6.07) is 14.8. The molecule has 0 amide bonds. The predicted molar refractivity (Wildman–Crippen MR) is 93.9 cm³/mol. The van der Waals surface area contributed by atoms with Crippen molar-refractivity contribution in [2.24, 2.45) is 0 Å². The lowest BCUT2D eigenvalue weighted by Crippen LogP contribution is -2.12. The van der Waals surface area contributed by atoms with Crippen LogP contribution in [0.1, 0.15) is 27.3 Å². The molecule has 0 radical (unpaired) electrons. The second-order valence-electron chi connectivity index (χ2n) is 5.63. The van der Waals surface area contributed by atoms with Gasteiger partial charge < -0.3 is 10.5 Å². The first-order valence-corrected chi connectivity index (χ1v) is 7.62.